The van der Waals surface area contributed by atoms with E-state index in [4.69, 9.17) is 9.47 Å². The predicted octanol–water partition coefficient (Wildman–Crippen LogP) is 2.72. The lowest BCUT2D eigenvalue weighted by Gasteiger charge is -2.24. The van der Waals surface area contributed by atoms with Crippen molar-refractivity contribution in [2.24, 2.45) is 4.99 Å². The van der Waals surface area contributed by atoms with Crippen LogP contribution in [0.5, 0.6) is 5.75 Å². The fourth-order valence-corrected chi connectivity index (χ4v) is 4.81. The van der Waals surface area contributed by atoms with Gasteiger partial charge in [0, 0.05) is 12.1 Å². The van der Waals surface area contributed by atoms with Gasteiger partial charge in [0.25, 0.3) is 11.2 Å². The van der Waals surface area contributed by atoms with Crippen LogP contribution in [-0.2, 0) is 9.53 Å². The zero-order valence-electron chi connectivity index (χ0n) is 18.7. The molecule has 0 saturated heterocycles. The number of benzene rings is 2. The molecule has 3 aromatic rings. The monoisotopic (exact) mass is 479 g/mol. The van der Waals surface area contributed by atoms with Crippen molar-refractivity contribution in [1.29, 1.82) is 0 Å². The normalized spacial score (nSPS) is 15.5. The first-order valence-electron chi connectivity index (χ1n) is 10.4. The molecule has 0 saturated carbocycles. The molecule has 9 nitrogen and oxygen atoms in total. The number of methoxy groups -OCH3 is 1. The fourth-order valence-electron chi connectivity index (χ4n) is 3.77. The van der Waals surface area contributed by atoms with Gasteiger partial charge >= 0.3 is 5.97 Å². The average molecular weight is 480 g/mol. The van der Waals surface area contributed by atoms with Crippen LogP contribution >= 0.6 is 11.3 Å². The van der Waals surface area contributed by atoms with Crippen LogP contribution in [0.3, 0.4) is 0 Å². The fraction of sp³-hybridized carbons (Fsp3) is 0.208. The van der Waals surface area contributed by atoms with E-state index in [-0.39, 0.29) is 23.4 Å². The number of nitro groups is 1. The minimum Gasteiger partial charge on any atom is -0.497 e. The summed E-state index contributed by atoms with van der Waals surface area (Å²) in [6.45, 7) is 3.48. The van der Waals surface area contributed by atoms with Crippen LogP contribution in [0.2, 0.25) is 0 Å². The second-order valence-electron chi connectivity index (χ2n) is 7.43. The maximum absolute atomic E-state index is 13.5. The van der Waals surface area contributed by atoms with Crippen LogP contribution in [0.25, 0.3) is 6.08 Å². The van der Waals surface area contributed by atoms with E-state index in [0.717, 1.165) is 5.56 Å². The number of rotatable bonds is 6. The first-order valence-corrected chi connectivity index (χ1v) is 11.2. The molecule has 2 aromatic carbocycles. The lowest BCUT2D eigenvalue weighted by atomic mass is 9.95. The molecular weight excluding hydrogens is 458 g/mol. The first-order chi connectivity index (χ1) is 16.3. The summed E-state index contributed by atoms with van der Waals surface area (Å²) >= 11 is 1.18. The summed E-state index contributed by atoms with van der Waals surface area (Å²) in [6, 6.07) is 12.2. The summed E-state index contributed by atoms with van der Waals surface area (Å²) in [5, 5.41) is 11.4. The molecule has 0 unspecified atom stereocenters. The van der Waals surface area contributed by atoms with Crippen LogP contribution in [0.15, 0.2) is 69.6 Å². The Morgan fingerprint density at radius 1 is 1.26 bits per heavy atom. The van der Waals surface area contributed by atoms with E-state index in [2.05, 4.69) is 4.99 Å². The van der Waals surface area contributed by atoms with Crippen LogP contribution < -0.4 is 19.6 Å². The molecule has 0 amide bonds. The van der Waals surface area contributed by atoms with Gasteiger partial charge in [-0.3, -0.25) is 19.5 Å². The minimum absolute atomic E-state index is 0.138. The Morgan fingerprint density at radius 2 is 2.00 bits per heavy atom. The SMILES string of the molecule is CCOC(=O)C1=C(C)N=c2s/c(=C/c3ccc(OC)cc3)c(=O)n2[C@H]1c1cccc([N+](=O)[O-])c1. The number of fused-ring (bicyclic) bond motifs is 1. The third kappa shape index (κ3) is 4.27. The number of nitro benzene ring substituents is 1. The summed E-state index contributed by atoms with van der Waals surface area (Å²) in [4.78, 5) is 42.2. The van der Waals surface area contributed by atoms with Gasteiger partial charge in [-0.15, -0.1) is 0 Å². The van der Waals surface area contributed by atoms with Gasteiger partial charge < -0.3 is 9.47 Å². The molecule has 174 valence electrons. The third-order valence-corrected chi connectivity index (χ3v) is 6.31. The number of non-ortho nitro benzene ring substituents is 1. The van der Waals surface area contributed by atoms with Gasteiger partial charge in [-0.25, -0.2) is 9.79 Å². The number of hydrogen-bond donors (Lipinski definition) is 0. The lowest BCUT2D eigenvalue weighted by Crippen LogP contribution is -2.39. The Bertz CT molecular complexity index is 1480. The highest BCUT2D eigenvalue weighted by molar-refractivity contribution is 7.07. The number of carbonyl (C=O) groups excluding carboxylic acids is 1. The molecule has 1 aromatic heterocycles. The topological polar surface area (TPSA) is 113 Å². The van der Waals surface area contributed by atoms with Crippen molar-refractivity contribution in [3.8, 4) is 5.75 Å². The van der Waals surface area contributed by atoms with Gasteiger partial charge in [-0.1, -0.05) is 35.6 Å². The number of carbonyl (C=O) groups is 1. The molecule has 34 heavy (non-hydrogen) atoms. The Morgan fingerprint density at radius 3 is 2.65 bits per heavy atom. The molecule has 1 aliphatic rings. The largest absolute Gasteiger partial charge is 0.497 e. The van der Waals surface area contributed by atoms with E-state index in [1.54, 1.807) is 45.2 Å². The molecule has 0 bridgehead atoms. The molecular formula is C24H21N3O6S. The number of thiazole rings is 1. The number of ether oxygens (including phenoxy) is 2. The Balaban J connectivity index is 1.94. The average Bonchev–Trinajstić information content (AvgIpc) is 3.13. The zero-order chi connectivity index (χ0) is 24.4. The predicted molar refractivity (Wildman–Crippen MR) is 126 cm³/mol. The number of esters is 1. The number of hydrogen-bond acceptors (Lipinski definition) is 8. The van der Waals surface area contributed by atoms with Crippen molar-refractivity contribution in [1.82, 2.24) is 4.57 Å². The Kier molecular flexibility index (Phi) is 6.42. The number of aromatic nitrogens is 1. The second kappa shape index (κ2) is 9.44. The highest BCUT2D eigenvalue weighted by atomic mass is 32.1. The van der Waals surface area contributed by atoms with Crippen LogP contribution in [0.1, 0.15) is 31.0 Å². The summed E-state index contributed by atoms with van der Waals surface area (Å²) in [7, 11) is 1.57. The van der Waals surface area contributed by atoms with Gasteiger partial charge in [-0.05, 0) is 43.2 Å². The molecule has 0 aliphatic carbocycles. The van der Waals surface area contributed by atoms with Crippen LogP contribution in [0.4, 0.5) is 5.69 Å². The van der Waals surface area contributed by atoms with Gasteiger partial charge in [0.05, 0.1) is 40.5 Å². The van der Waals surface area contributed by atoms with Gasteiger partial charge in [0.2, 0.25) is 0 Å². The quantitative estimate of drug-likeness (QED) is 0.305. The molecule has 1 aliphatic heterocycles. The number of nitrogens with zero attached hydrogens (tertiary/aromatic N) is 3. The third-order valence-electron chi connectivity index (χ3n) is 5.33. The van der Waals surface area contributed by atoms with Gasteiger partial charge in [-0.2, -0.15) is 0 Å². The van der Waals surface area contributed by atoms with Crippen molar-refractivity contribution in [2.75, 3.05) is 13.7 Å². The maximum Gasteiger partial charge on any atom is 0.338 e. The highest BCUT2D eigenvalue weighted by Gasteiger charge is 2.34. The van der Waals surface area contributed by atoms with Crippen LogP contribution in [0, 0.1) is 10.1 Å². The second-order valence-corrected chi connectivity index (χ2v) is 8.44. The van der Waals surface area contributed by atoms with Crippen LogP contribution in [-0.4, -0.2) is 29.2 Å². The summed E-state index contributed by atoms with van der Waals surface area (Å²) in [5.41, 5.74) is 1.28. The maximum atomic E-state index is 13.5. The van der Waals surface area contributed by atoms with E-state index in [9.17, 15) is 19.7 Å². The van der Waals surface area contributed by atoms with E-state index >= 15 is 0 Å². The van der Waals surface area contributed by atoms with Gasteiger partial charge in [0.1, 0.15) is 5.75 Å². The molecule has 0 N–H and O–H groups in total. The minimum atomic E-state index is -0.909. The van der Waals surface area contributed by atoms with E-state index in [1.807, 2.05) is 12.1 Å². The van der Waals surface area contributed by atoms with Crippen molar-refractivity contribution >= 4 is 29.1 Å². The summed E-state index contributed by atoms with van der Waals surface area (Å²) in [6.07, 6.45) is 1.73. The number of allylic oxidation sites excluding steroid dienone is 1. The molecule has 0 spiro atoms. The molecule has 0 fully saturated rings. The summed E-state index contributed by atoms with van der Waals surface area (Å²) in [5.74, 6) is 0.0728. The Labute approximate surface area is 198 Å². The van der Waals surface area contributed by atoms with Crippen molar-refractivity contribution in [3.63, 3.8) is 0 Å². The van der Waals surface area contributed by atoms with Gasteiger partial charge in [0.15, 0.2) is 4.80 Å². The summed E-state index contributed by atoms with van der Waals surface area (Å²) < 4.78 is 12.2. The lowest BCUT2D eigenvalue weighted by molar-refractivity contribution is -0.384. The highest BCUT2D eigenvalue weighted by Crippen LogP contribution is 2.32. The molecule has 4 rings (SSSR count). The Hall–Kier alpha value is -4.05. The molecule has 10 heteroatoms. The molecule has 0 radical (unpaired) electrons. The van der Waals surface area contributed by atoms with E-state index in [0.29, 0.717) is 26.3 Å². The van der Waals surface area contributed by atoms with E-state index in [1.165, 1.54) is 34.1 Å². The zero-order valence-corrected chi connectivity index (χ0v) is 19.5. The van der Waals surface area contributed by atoms with Crippen molar-refractivity contribution < 1.29 is 19.2 Å². The van der Waals surface area contributed by atoms with Crippen molar-refractivity contribution in [2.45, 2.75) is 19.9 Å². The molecule has 1 atom stereocenters. The first kappa shape index (κ1) is 23.1. The standard InChI is InChI=1S/C24H21N3O6S/c1-4-33-23(29)20-14(2)25-24-26(21(20)16-6-5-7-17(13-16)27(30)31)22(28)19(34-24)12-15-8-10-18(32-3)11-9-15/h5-13,21H,4H2,1-3H3/b19-12+/t21-/m0/s1. The van der Waals surface area contributed by atoms with E-state index < -0.39 is 16.9 Å². The smallest absolute Gasteiger partial charge is 0.338 e. The van der Waals surface area contributed by atoms with Crippen molar-refractivity contribution in [3.05, 3.63) is 101 Å². The molecule has 2 heterocycles.